The number of rotatable bonds is 6. The van der Waals surface area contributed by atoms with Crippen LogP contribution in [0.15, 0.2) is 18.3 Å². The zero-order valence-electron chi connectivity index (χ0n) is 19.2. The quantitative estimate of drug-likeness (QED) is 0.405. The Balaban J connectivity index is 1.50. The summed E-state index contributed by atoms with van der Waals surface area (Å²) in [4.78, 5) is 13.6. The molecule has 0 radical (unpaired) electrons. The van der Waals surface area contributed by atoms with Gasteiger partial charge in [0.2, 0.25) is 11.9 Å². The highest BCUT2D eigenvalue weighted by Crippen LogP contribution is 2.37. The molecule has 2 saturated carbocycles. The third-order valence-electron chi connectivity index (χ3n) is 7.15. The number of hydrogen-bond acceptors (Lipinski definition) is 7. The van der Waals surface area contributed by atoms with Gasteiger partial charge in [-0.05, 0) is 57.3 Å². The lowest BCUT2D eigenvalue weighted by Gasteiger charge is -2.29. The molecule has 0 unspecified atom stereocenters. The number of aliphatic hydroxyl groups is 2. The van der Waals surface area contributed by atoms with Gasteiger partial charge < -0.3 is 20.8 Å². The van der Waals surface area contributed by atoms with Crippen molar-refractivity contribution in [2.75, 3.05) is 17.2 Å². The second-order valence-electron chi connectivity index (χ2n) is 9.58. The van der Waals surface area contributed by atoms with Crippen molar-refractivity contribution in [3.63, 3.8) is 0 Å². The van der Waals surface area contributed by atoms with Crippen LogP contribution in [0.4, 0.5) is 30.8 Å². The van der Waals surface area contributed by atoms with Gasteiger partial charge in [0.15, 0.2) is 17.3 Å². The molecule has 35 heavy (non-hydrogen) atoms. The number of imidazole rings is 1. The Bertz CT molecular complexity index is 1170. The molecule has 2 aliphatic rings. The van der Waals surface area contributed by atoms with E-state index >= 15 is 0 Å². The molecule has 11 heteroatoms. The van der Waals surface area contributed by atoms with Crippen molar-refractivity contribution in [3.8, 4) is 0 Å². The highest BCUT2D eigenvalue weighted by Gasteiger charge is 2.28. The predicted molar refractivity (Wildman–Crippen MR) is 125 cm³/mol. The number of halogens is 3. The van der Waals surface area contributed by atoms with Crippen LogP contribution in [0.25, 0.3) is 11.2 Å². The summed E-state index contributed by atoms with van der Waals surface area (Å²) in [5, 5.41) is 25.4. The molecule has 2 fully saturated rings. The minimum atomic E-state index is -1.06. The van der Waals surface area contributed by atoms with Gasteiger partial charge in [-0.15, -0.1) is 0 Å². The summed E-state index contributed by atoms with van der Waals surface area (Å²) in [6.07, 6.45) is 7.45. The Morgan fingerprint density at radius 3 is 2.29 bits per heavy atom. The molecule has 4 N–H and O–H groups in total. The molecular formula is C24H29F3N6O2. The Labute approximate surface area is 200 Å². The van der Waals surface area contributed by atoms with Gasteiger partial charge in [0, 0.05) is 30.8 Å². The van der Waals surface area contributed by atoms with Crippen LogP contribution in [0.2, 0.25) is 0 Å². The Kier molecular flexibility index (Phi) is 6.79. The summed E-state index contributed by atoms with van der Waals surface area (Å²) < 4.78 is 44.1. The number of fused-ring (bicyclic) bond motifs is 1. The van der Waals surface area contributed by atoms with Crippen LogP contribution in [0.3, 0.4) is 0 Å². The maximum Gasteiger partial charge on any atom is 0.224 e. The van der Waals surface area contributed by atoms with Gasteiger partial charge in [0.25, 0.3) is 0 Å². The van der Waals surface area contributed by atoms with E-state index in [4.69, 9.17) is 4.98 Å². The van der Waals surface area contributed by atoms with Crippen LogP contribution in [0.1, 0.15) is 57.4 Å². The van der Waals surface area contributed by atoms with Gasteiger partial charge in [-0.3, -0.25) is 4.57 Å². The average molecular weight is 491 g/mol. The first kappa shape index (κ1) is 23.8. The monoisotopic (exact) mass is 490 g/mol. The number of aromatic nitrogens is 4. The fraction of sp³-hybridized carbons (Fsp3) is 0.542. The van der Waals surface area contributed by atoms with Crippen LogP contribution < -0.4 is 10.6 Å². The normalized spacial score (nSPS) is 25.1. The van der Waals surface area contributed by atoms with E-state index in [1.54, 1.807) is 6.20 Å². The first-order valence-corrected chi connectivity index (χ1v) is 12.1. The SMILES string of the molecule is OCC1CCC(n2c(Nc3c(F)cc(F)cc3F)nc3cnc(NC4CCC(O)CC4)nc32)CC1. The van der Waals surface area contributed by atoms with Crippen molar-refractivity contribution in [2.24, 2.45) is 5.92 Å². The van der Waals surface area contributed by atoms with E-state index in [0.29, 0.717) is 29.2 Å². The first-order valence-electron chi connectivity index (χ1n) is 12.1. The van der Waals surface area contributed by atoms with Crippen molar-refractivity contribution in [1.29, 1.82) is 0 Å². The van der Waals surface area contributed by atoms with Crippen molar-refractivity contribution in [3.05, 3.63) is 35.8 Å². The maximum absolute atomic E-state index is 14.4. The summed E-state index contributed by atoms with van der Waals surface area (Å²) in [5.74, 6) is -2.27. The van der Waals surface area contributed by atoms with E-state index in [1.165, 1.54) is 0 Å². The zero-order chi connectivity index (χ0) is 24.5. The van der Waals surface area contributed by atoms with Gasteiger partial charge in [-0.1, -0.05) is 0 Å². The predicted octanol–water partition coefficient (Wildman–Crippen LogP) is 4.43. The lowest BCUT2D eigenvalue weighted by molar-refractivity contribution is 0.126. The minimum absolute atomic E-state index is 0.0514. The Morgan fingerprint density at radius 2 is 1.63 bits per heavy atom. The van der Waals surface area contributed by atoms with Crippen LogP contribution in [0.5, 0.6) is 0 Å². The molecule has 1 aromatic carbocycles. The summed E-state index contributed by atoms with van der Waals surface area (Å²) >= 11 is 0. The molecular weight excluding hydrogens is 461 g/mol. The largest absolute Gasteiger partial charge is 0.396 e. The number of hydrogen-bond donors (Lipinski definition) is 4. The summed E-state index contributed by atoms with van der Waals surface area (Å²) in [6, 6.07) is 1.33. The number of aliphatic hydroxyl groups excluding tert-OH is 2. The van der Waals surface area contributed by atoms with Gasteiger partial charge in [0.1, 0.15) is 17.0 Å². The molecule has 2 aliphatic carbocycles. The molecule has 188 valence electrons. The second kappa shape index (κ2) is 9.98. The molecule has 0 saturated heterocycles. The Hall–Kier alpha value is -2.92. The minimum Gasteiger partial charge on any atom is -0.396 e. The lowest BCUT2D eigenvalue weighted by atomic mass is 9.86. The third kappa shape index (κ3) is 5.06. The van der Waals surface area contributed by atoms with Gasteiger partial charge in [0.05, 0.1) is 12.3 Å². The lowest BCUT2D eigenvalue weighted by Crippen LogP contribution is -2.29. The smallest absolute Gasteiger partial charge is 0.224 e. The third-order valence-corrected chi connectivity index (χ3v) is 7.15. The molecule has 0 bridgehead atoms. The molecule has 0 spiro atoms. The molecule has 5 rings (SSSR count). The van der Waals surface area contributed by atoms with E-state index < -0.39 is 23.1 Å². The second-order valence-corrected chi connectivity index (χ2v) is 9.58. The molecule has 0 aliphatic heterocycles. The highest BCUT2D eigenvalue weighted by atomic mass is 19.1. The number of anilines is 3. The number of nitrogens with zero attached hydrogens (tertiary/aromatic N) is 4. The fourth-order valence-corrected chi connectivity index (χ4v) is 5.16. The van der Waals surface area contributed by atoms with Gasteiger partial charge in [-0.2, -0.15) is 4.98 Å². The van der Waals surface area contributed by atoms with E-state index in [0.717, 1.165) is 51.4 Å². The van der Waals surface area contributed by atoms with Crippen LogP contribution in [-0.2, 0) is 0 Å². The van der Waals surface area contributed by atoms with Crippen molar-refractivity contribution in [2.45, 2.75) is 69.6 Å². The Morgan fingerprint density at radius 1 is 0.943 bits per heavy atom. The van der Waals surface area contributed by atoms with Crippen LogP contribution >= 0.6 is 0 Å². The number of nitrogens with one attached hydrogen (secondary N) is 2. The number of benzene rings is 1. The van der Waals surface area contributed by atoms with Crippen molar-refractivity contribution < 1.29 is 23.4 Å². The molecule has 0 atom stereocenters. The van der Waals surface area contributed by atoms with E-state index in [2.05, 4.69) is 20.6 Å². The van der Waals surface area contributed by atoms with E-state index in [-0.39, 0.29) is 36.7 Å². The summed E-state index contributed by atoms with van der Waals surface area (Å²) in [7, 11) is 0. The standard InChI is InChI=1S/C24H29F3N6O2/c25-14-9-18(26)21(19(27)10-14)31-24-30-20-11-28-23(29-15-3-7-17(35)8-4-15)32-22(20)33(24)16-5-1-13(12-34)2-6-16/h9-11,13,15-17,34-35H,1-8,12H2,(H,30,31)(H,28,29,32). The molecule has 3 aromatic rings. The van der Waals surface area contributed by atoms with Crippen LogP contribution in [0, 0.1) is 23.4 Å². The van der Waals surface area contributed by atoms with Crippen LogP contribution in [-0.4, -0.2) is 48.5 Å². The average Bonchev–Trinajstić information content (AvgIpc) is 3.20. The molecule has 2 aromatic heterocycles. The summed E-state index contributed by atoms with van der Waals surface area (Å²) in [6.45, 7) is 0.126. The topological polar surface area (TPSA) is 108 Å². The fourth-order valence-electron chi connectivity index (χ4n) is 5.16. The van der Waals surface area contributed by atoms with E-state index in [9.17, 15) is 23.4 Å². The van der Waals surface area contributed by atoms with Crippen molar-refractivity contribution in [1.82, 2.24) is 19.5 Å². The summed E-state index contributed by atoms with van der Waals surface area (Å²) in [5.41, 5.74) is 0.500. The maximum atomic E-state index is 14.4. The molecule has 8 nitrogen and oxygen atoms in total. The molecule has 2 heterocycles. The first-order chi connectivity index (χ1) is 16.9. The van der Waals surface area contributed by atoms with Crippen molar-refractivity contribution >= 4 is 28.7 Å². The van der Waals surface area contributed by atoms with Gasteiger partial charge in [-0.25, -0.2) is 23.1 Å². The zero-order valence-corrected chi connectivity index (χ0v) is 19.2. The highest BCUT2D eigenvalue weighted by molar-refractivity contribution is 5.76. The van der Waals surface area contributed by atoms with E-state index in [1.807, 2.05) is 4.57 Å². The van der Waals surface area contributed by atoms with Gasteiger partial charge >= 0.3 is 0 Å². The molecule has 0 amide bonds.